The van der Waals surface area contributed by atoms with Gasteiger partial charge in [-0.3, -0.25) is 14.8 Å². The van der Waals surface area contributed by atoms with Gasteiger partial charge >= 0.3 is 5.63 Å². The molecule has 1 saturated carbocycles. The highest BCUT2D eigenvalue weighted by Gasteiger charge is 2.40. The first-order valence-electron chi connectivity index (χ1n) is 10.1. The average Bonchev–Trinajstić information content (AvgIpc) is 3.44. The van der Waals surface area contributed by atoms with Gasteiger partial charge in [-0.25, -0.2) is 4.79 Å². The van der Waals surface area contributed by atoms with E-state index in [4.69, 9.17) is 9.15 Å². The number of carbonyl (C=O) groups is 1. The largest absolute Gasteiger partial charge is 0.493 e. The number of nitrogens with zero attached hydrogens (tertiary/aromatic N) is 2. The van der Waals surface area contributed by atoms with Crippen molar-refractivity contribution in [2.45, 2.75) is 58.0 Å². The van der Waals surface area contributed by atoms with E-state index in [1.165, 1.54) is 30.7 Å². The summed E-state index contributed by atoms with van der Waals surface area (Å²) in [5.41, 5.74) is -0.525. The zero-order valence-electron chi connectivity index (χ0n) is 17.5. The molecular formula is C21H29N3O4S. The predicted octanol–water partition coefficient (Wildman–Crippen LogP) is 3.38. The standard InChI is InChI=1S/C21H29N3O4S/c1-5-6-16(17-9-15(10-18(25)28-17)27-11-14-7-8-14)23-20(26)21(3)12-29-19(24-21)13(2)22-4/h9-10,14,16H,5-8,11-12H2,1-4H3,(H,23,26)/t16-,21+/m1/s1. The van der Waals surface area contributed by atoms with Crippen molar-refractivity contribution in [3.63, 3.8) is 0 Å². The van der Waals surface area contributed by atoms with Gasteiger partial charge in [0.25, 0.3) is 0 Å². The van der Waals surface area contributed by atoms with E-state index in [1.807, 2.05) is 20.8 Å². The van der Waals surface area contributed by atoms with Crippen LogP contribution >= 0.6 is 11.8 Å². The molecule has 1 fully saturated rings. The molecule has 0 unspecified atom stereocenters. The Hall–Kier alpha value is -2.09. The maximum atomic E-state index is 13.1. The number of hydrogen-bond donors (Lipinski definition) is 1. The van der Waals surface area contributed by atoms with Gasteiger partial charge in [0.2, 0.25) is 5.91 Å². The molecule has 7 nitrogen and oxygen atoms in total. The molecule has 2 aliphatic rings. The van der Waals surface area contributed by atoms with Crippen LogP contribution in [0.3, 0.4) is 0 Å². The monoisotopic (exact) mass is 419 g/mol. The van der Waals surface area contributed by atoms with Gasteiger partial charge in [-0.2, -0.15) is 0 Å². The quantitative estimate of drug-likeness (QED) is 0.620. The fourth-order valence-corrected chi connectivity index (χ4v) is 4.19. The van der Waals surface area contributed by atoms with Crippen LogP contribution in [-0.2, 0) is 4.79 Å². The molecule has 3 rings (SSSR count). The fraction of sp³-hybridized carbons (Fsp3) is 0.619. The van der Waals surface area contributed by atoms with Gasteiger partial charge in [0.1, 0.15) is 22.1 Å². The normalized spacial score (nSPS) is 22.9. The second-order valence-electron chi connectivity index (χ2n) is 7.87. The molecule has 1 amide bonds. The number of aliphatic imine (C=N–C) groups is 2. The van der Waals surface area contributed by atoms with Gasteiger partial charge in [0, 0.05) is 18.9 Å². The first-order valence-corrected chi connectivity index (χ1v) is 11.1. The summed E-state index contributed by atoms with van der Waals surface area (Å²) < 4.78 is 11.2. The van der Waals surface area contributed by atoms with E-state index >= 15 is 0 Å². The van der Waals surface area contributed by atoms with Crippen molar-refractivity contribution in [1.29, 1.82) is 0 Å². The van der Waals surface area contributed by atoms with Crippen LogP contribution in [0.4, 0.5) is 0 Å². The van der Waals surface area contributed by atoms with Gasteiger partial charge in [0.05, 0.1) is 24.4 Å². The summed E-state index contributed by atoms with van der Waals surface area (Å²) in [4.78, 5) is 33.9. The molecule has 2 heterocycles. The van der Waals surface area contributed by atoms with Gasteiger partial charge in [-0.05, 0) is 39.0 Å². The van der Waals surface area contributed by atoms with Crippen LogP contribution in [0.15, 0.2) is 31.3 Å². The maximum Gasteiger partial charge on any atom is 0.339 e. The van der Waals surface area contributed by atoms with Crippen molar-refractivity contribution < 1.29 is 13.9 Å². The molecule has 158 valence electrons. The van der Waals surface area contributed by atoms with E-state index < -0.39 is 17.2 Å². The van der Waals surface area contributed by atoms with Crippen molar-refractivity contribution in [3.8, 4) is 5.75 Å². The number of carbonyl (C=O) groups excluding carboxylic acids is 1. The number of ether oxygens (including phenoxy) is 1. The van der Waals surface area contributed by atoms with E-state index in [0.717, 1.165) is 17.2 Å². The van der Waals surface area contributed by atoms with Crippen LogP contribution in [0.2, 0.25) is 0 Å². The Morgan fingerprint density at radius 3 is 2.90 bits per heavy atom. The summed E-state index contributed by atoms with van der Waals surface area (Å²) in [5, 5.41) is 3.83. The molecule has 1 aliphatic heterocycles. The second-order valence-corrected chi connectivity index (χ2v) is 8.84. The molecule has 8 heteroatoms. The van der Waals surface area contributed by atoms with Crippen LogP contribution in [0.25, 0.3) is 0 Å². The van der Waals surface area contributed by atoms with E-state index in [9.17, 15) is 9.59 Å². The molecule has 0 aromatic carbocycles. The molecule has 0 bridgehead atoms. The first kappa shape index (κ1) is 21.6. The SMILES string of the molecule is CCC[C@@H](NC(=O)[C@]1(C)CSC(C(C)=NC)=N1)c1cc(OCC2CC2)cc(=O)o1. The van der Waals surface area contributed by atoms with Crippen molar-refractivity contribution >= 4 is 28.4 Å². The molecule has 1 aliphatic carbocycles. The lowest BCUT2D eigenvalue weighted by Crippen LogP contribution is -2.45. The molecule has 1 aromatic rings. The third-order valence-corrected chi connectivity index (χ3v) is 6.51. The Morgan fingerprint density at radius 1 is 1.48 bits per heavy atom. The maximum absolute atomic E-state index is 13.1. The molecule has 1 N–H and O–H groups in total. The van der Waals surface area contributed by atoms with E-state index in [0.29, 0.717) is 36.2 Å². The van der Waals surface area contributed by atoms with E-state index in [1.54, 1.807) is 13.1 Å². The number of nitrogens with one attached hydrogen (secondary N) is 1. The van der Waals surface area contributed by atoms with Crippen molar-refractivity contribution in [2.75, 3.05) is 19.4 Å². The lowest BCUT2D eigenvalue weighted by atomic mass is 10.0. The predicted molar refractivity (Wildman–Crippen MR) is 116 cm³/mol. The van der Waals surface area contributed by atoms with Gasteiger partial charge in [0.15, 0.2) is 0 Å². The number of rotatable bonds is 9. The zero-order valence-corrected chi connectivity index (χ0v) is 18.3. The molecule has 0 saturated heterocycles. The van der Waals surface area contributed by atoms with Crippen LogP contribution < -0.4 is 15.7 Å². The number of thioether (sulfide) groups is 1. The van der Waals surface area contributed by atoms with E-state index in [2.05, 4.69) is 15.3 Å². The van der Waals surface area contributed by atoms with Crippen molar-refractivity contribution in [3.05, 3.63) is 28.3 Å². The molecular weight excluding hydrogens is 390 g/mol. The lowest BCUT2D eigenvalue weighted by molar-refractivity contribution is -0.125. The van der Waals surface area contributed by atoms with Crippen LogP contribution in [0, 0.1) is 5.92 Å². The highest BCUT2D eigenvalue weighted by molar-refractivity contribution is 8.16. The summed E-state index contributed by atoms with van der Waals surface area (Å²) in [6.45, 7) is 6.34. The Labute approximate surface area is 175 Å². The minimum Gasteiger partial charge on any atom is -0.493 e. The smallest absolute Gasteiger partial charge is 0.339 e. The molecule has 0 radical (unpaired) electrons. The third-order valence-electron chi connectivity index (χ3n) is 5.14. The second kappa shape index (κ2) is 9.15. The molecule has 0 spiro atoms. The first-order chi connectivity index (χ1) is 13.8. The zero-order chi connectivity index (χ0) is 21.0. The summed E-state index contributed by atoms with van der Waals surface area (Å²) in [6, 6.07) is 2.67. The summed E-state index contributed by atoms with van der Waals surface area (Å²) in [6.07, 6.45) is 3.81. The van der Waals surface area contributed by atoms with Crippen molar-refractivity contribution in [2.24, 2.45) is 15.9 Å². The fourth-order valence-electron chi connectivity index (χ4n) is 3.01. The Kier molecular flexibility index (Phi) is 6.82. The highest BCUT2D eigenvalue weighted by atomic mass is 32.2. The summed E-state index contributed by atoms with van der Waals surface area (Å²) in [5.74, 6) is 1.86. The lowest BCUT2D eigenvalue weighted by Gasteiger charge is -2.24. The van der Waals surface area contributed by atoms with Gasteiger partial charge in [-0.1, -0.05) is 13.3 Å². The topological polar surface area (TPSA) is 93.3 Å². The summed E-state index contributed by atoms with van der Waals surface area (Å²) >= 11 is 1.53. The average molecular weight is 420 g/mol. The Bertz CT molecular complexity index is 875. The molecule has 1 aromatic heterocycles. The minimum absolute atomic E-state index is 0.186. The number of amides is 1. The highest BCUT2D eigenvalue weighted by Crippen LogP contribution is 2.31. The molecule has 2 atom stereocenters. The number of hydrogen-bond acceptors (Lipinski definition) is 7. The van der Waals surface area contributed by atoms with Gasteiger partial charge < -0.3 is 14.5 Å². The van der Waals surface area contributed by atoms with Crippen LogP contribution in [0.5, 0.6) is 5.75 Å². The van der Waals surface area contributed by atoms with Crippen LogP contribution in [-0.4, -0.2) is 41.6 Å². The van der Waals surface area contributed by atoms with Crippen molar-refractivity contribution in [1.82, 2.24) is 5.32 Å². The van der Waals surface area contributed by atoms with Crippen LogP contribution in [0.1, 0.15) is 58.3 Å². The van der Waals surface area contributed by atoms with Gasteiger partial charge in [-0.15, -0.1) is 11.8 Å². The summed E-state index contributed by atoms with van der Waals surface area (Å²) in [7, 11) is 1.71. The Morgan fingerprint density at radius 2 is 2.24 bits per heavy atom. The Balaban J connectivity index is 1.77. The molecule has 29 heavy (non-hydrogen) atoms. The van der Waals surface area contributed by atoms with E-state index in [-0.39, 0.29) is 5.91 Å². The minimum atomic E-state index is -0.877. The third kappa shape index (κ3) is 5.50.